The van der Waals surface area contributed by atoms with Gasteiger partial charge in [0, 0.05) is 6.42 Å². The molecule has 1 unspecified atom stereocenters. The molecule has 0 saturated heterocycles. The van der Waals surface area contributed by atoms with Gasteiger partial charge in [0.15, 0.2) is 0 Å². The van der Waals surface area contributed by atoms with Gasteiger partial charge in [-0.1, -0.05) is 6.92 Å². The average Bonchev–Trinajstić information content (AvgIpc) is 2.11. The summed E-state index contributed by atoms with van der Waals surface area (Å²) >= 11 is 3.81. The molecule has 0 aliphatic heterocycles. The maximum atomic E-state index is 10.7. The largest absolute Gasteiger partial charge is 0.463 e. The van der Waals surface area contributed by atoms with Crippen LogP contribution < -0.4 is 0 Å². The van der Waals surface area contributed by atoms with Crippen LogP contribution in [0.25, 0.3) is 0 Å². The minimum Gasteiger partial charge on any atom is -0.463 e. The monoisotopic (exact) mass is 194 g/mol. The van der Waals surface area contributed by atoms with Gasteiger partial charge in [-0.05, 0) is 0 Å². The van der Waals surface area contributed by atoms with Crippen LogP contribution in [0.1, 0.15) is 13.3 Å². The third-order valence-electron chi connectivity index (χ3n) is 1.23. The Morgan fingerprint density at radius 1 is 1.67 bits per heavy atom. The lowest BCUT2D eigenvalue weighted by Crippen LogP contribution is -2.25. The summed E-state index contributed by atoms with van der Waals surface area (Å²) < 4.78 is 9.66. The summed E-state index contributed by atoms with van der Waals surface area (Å²) in [4.78, 5) is 10.7. The van der Waals surface area contributed by atoms with Crippen molar-refractivity contribution in [1.29, 1.82) is 0 Å². The highest BCUT2D eigenvalue weighted by Gasteiger charge is 2.09. The Labute approximate surface area is 77.3 Å². The minimum absolute atomic E-state index is 0.0870. The molecule has 0 fully saturated rings. The van der Waals surface area contributed by atoms with Crippen molar-refractivity contribution in [2.45, 2.75) is 19.4 Å². The molecule has 0 aromatic heterocycles. The quantitative estimate of drug-likeness (QED) is 0.360. The molecule has 0 aliphatic carbocycles. The number of ether oxygens (including phenoxy) is 2. The number of hydrogen-bond acceptors (Lipinski definition) is 5. The summed E-state index contributed by atoms with van der Waals surface area (Å²) in [6.07, 6.45) is -0.128. The van der Waals surface area contributed by atoms with Crippen LogP contribution in [-0.2, 0) is 14.3 Å². The Hall–Kier alpha value is -0.260. The fraction of sp³-hybridized carbons (Fsp3) is 0.857. The van der Waals surface area contributed by atoms with Gasteiger partial charge in [0.05, 0.1) is 12.5 Å². The first-order valence-corrected chi connectivity index (χ1v) is 4.36. The topological polar surface area (TPSA) is 55.8 Å². The first-order chi connectivity index (χ1) is 5.74. The van der Waals surface area contributed by atoms with Crippen LogP contribution in [0.5, 0.6) is 0 Å². The molecule has 1 atom stereocenters. The van der Waals surface area contributed by atoms with Gasteiger partial charge in [-0.3, -0.25) is 4.79 Å². The lowest BCUT2D eigenvalue weighted by atomic mass is 10.4. The van der Waals surface area contributed by atoms with Gasteiger partial charge < -0.3 is 14.6 Å². The second-order valence-corrected chi connectivity index (χ2v) is 2.40. The van der Waals surface area contributed by atoms with Gasteiger partial charge in [-0.15, -0.1) is 0 Å². The predicted octanol–water partition coefficient (Wildman–Crippen LogP) is 0.204. The summed E-state index contributed by atoms with van der Waals surface area (Å²) in [7, 11) is 0. The molecule has 0 aromatic rings. The van der Waals surface area contributed by atoms with Crippen molar-refractivity contribution in [3.8, 4) is 0 Å². The number of carbonyl (C=O) groups is 1. The van der Waals surface area contributed by atoms with E-state index in [4.69, 9.17) is 14.6 Å². The van der Waals surface area contributed by atoms with Crippen molar-refractivity contribution >= 4 is 18.6 Å². The number of rotatable bonds is 6. The maximum absolute atomic E-state index is 10.7. The Bertz CT molecular complexity index is 129. The average molecular weight is 194 g/mol. The molecule has 0 bridgehead atoms. The molecule has 0 spiro atoms. The first kappa shape index (κ1) is 11.7. The third kappa shape index (κ3) is 5.40. The SMILES string of the molecule is CCC(=O)OCC(CO)OCS. The van der Waals surface area contributed by atoms with E-state index in [2.05, 4.69) is 12.6 Å². The van der Waals surface area contributed by atoms with Gasteiger partial charge in [-0.25, -0.2) is 0 Å². The van der Waals surface area contributed by atoms with E-state index < -0.39 is 6.10 Å². The zero-order valence-electron chi connectivity index (χ0n) is 7.02. The zero-order valence-corrected chi connectivity index (χ0v) is 7.92. The van der Waals surface area contributed by atoms with E-state index in [1.807, 2.05) is 0 Å². The van der Waals surface area contributed by atoms with E-state index in [1.54, 1.807) is 6.92 Å². The first-order valence-electron chi connectivity index (χ1n) is 3.73. The van der Waals surface area contributed by atoms with E-state index in [9.17, 15) is 4.79 Å². The summed E-state index contributed by atoms with van der Waals surface area (Å²) in [6.45, 7) is 1.62. The van der Waals surface area contributed by atoms with E-state index in [0.717, 1.165) is 0 Å². The fourth-order valence-electron chi connectivity index (χ4n) is 0.547. The van der Waals surface area contributed by atoms with Crippen molar-refractivity contribution in [3.63, 3.8) is 0 Å². The lowest BCUT2D eigenvalue weighted by molar-refractivity contribution is -0.147. The molecule has 1 N–H and O–H groups in total. The highest BCUT2D eigenvalue weighted by atomic mass is 32.1. The van der Waals surface area contributed by atoms with E-state index in [0.29, 0.717) is 6.42 Å². The summed E-state index contributed by atoms with van der Waals surface area (Å²) in [5.74, 6) is -0.0919. The van der Waals surface area contributed by atoms with E-state index in [-0.39, 0.29) is 25.1 Å². The molecule has 0 saturated carbocycles. The van der Waals surface area contributed by atoms with Crippen LogP contribution >= 0.6 is 12.6 Å². The summed E-state index contributed by atoms with van der Waals surface area (Å²) in [5, 5.41) is 8.69. The second kappa shape index (κ2) is 7.39. The Balaban J connectivity index is 3.50. The Kier molecular flexibility index (Phi) is 7.23. The molecule has 72 valence electrons. The predicted molar refractivity (Wildman–Crippen MR) is 47.1 cm³/mol. The van der Waals surface area contributed by atoms with Crippen molar-refractivity contribution in [2.24, 2.45) is 0 Å². The molecule has 0 aliphatic rings. The van der Waals surface area contributed by atoms with Gasteiger partial charge in [0.25, 0.3) is 0 Å². The highest BCUT2D eigenvalue weighted by molar-refractivity contribution is 7.80. The smallest absolute Gasteiger partial charge is 0.305 e. The number of carbonyl (C=O) groups excluding carboxylic acids is 1. The molecule has 4 nitrogen and oxygen atoms in total. The lowest BCUT2D eigenvalue weighted by Gasteiger charge is -2.13. The summed E-state index contributed by atoms with van der Waals surface area (Å²) in [5.41, 5.74) is 0. The minimum atomic E-state index is -0.460. The number of hydrogen-bond donors (Lipinski definition) is 2. The molecule has 0 heterocycles. The molecule has 12 heavy (non-hydrogen) atoms. The number of aliphatic hydroxyl groups is 1. The van der Waals surface area contributed by atoms with Crippen LogP contribution in [-0.4, -0.2) is 36.3 Å². The molecule has 0 rings (SSSR count). The Morgan fingerprint density at radius 3 is 2.75 bits per heavy atom. The Morgan fingerprint density at radius 2 is 2.33 bits per heavy atom. The molecular weight excluding hydrogens is 180 g/mol. The third-order valence-corrected chi connectivity index (χ3v) is 1.38. The van der Waals surface area contributed by atoms with Crippen LogP contribution in [0, 0.1) is 0 Å². The van der Waals surface area contributed by atoms with Crippen LogP contribution in [0.2, 0.25) is 0 Å². The number of aliphatic hydroxyl groups excluding tert-OH is 1. The van der Waals surface area contributed by atoms with Gasteiger partial charge in [0.2, 0.25) is 0 Å². The molecule has 0 amide bonds. The highest BCUT2D eigenvalue weighted by Crippen LogP contribution is 1.95. The number of thiol groups is 1. The summed E-state index contributed by atoms with van der Waals surface area (Å²) in [6, 6.07) is 0. The van der Waals surface area contributed by atoms with Gasteiger partial charge >= 0.3 is 5.97 Å². The molecular formula is C7H14O4S. The van der Waals surface area contributed by atoms with E-state index >= 15 is 0 Å². The zero-order chi connectivity index (χ0) is 9.40. The standard InChI is InChI=1S/C7H14O4S/c1-2-7(9)10-4-6(3-8)11-5-12/h6,8,12H,2-5H2,1H3. The van der Waals surface area contributed by atoms with Crippen LogP contribution in [0.15, 0.2) is 0 Å². The maximum Gasteiger partial charge on any atom is 0.305 e. The molecule has 0 aromatic carbocycles. The van der Waals surface area contributed by atoms with Crippen molar-refractivity contribution in [2.75, 3.05) is 19.2 Å². The van der Waals surface area contributed by atoms with Crippen molar-refractivity contribution < 1.29 is 19.4 Å². The normalized spacial score (nSPS) is 12.6. The fourth-order valence-corrected chi connectivity index (χ4v) is 0.758. The van der Waals surface area contributed by atoms with Gasteiger partial charge in [-0.2, -0.15) is 12.6 Å². The molecule has 5 heteroatoms. The van der Waals surface area contributed by atoms with Crippen molar-refractivity contribution in [3.05, 3.63) is 0 Å². The second-order valence-electron chi connectivity index (χ2n) is 2.14. The van der Waals surface area contributed by atoms with Crippen molar-refractivity contribution in [1.82, 2.24) is 0 Å². The van der Waals surface area contributed by atoms with Gasteiger partial charge in [0.1, 0.15) is 12.7 Å². The van der Waals surface area contributed by atoms with E-state index in [1.165, 1.54) is 0 Å². The number of esters is 1. The van der Waals surface area contributed by atoms with Crippen LogP contribution in [0.3, 0.4) is 0 Å². The molecule has 0 radical (unpaired) electrons. The van der Waals surface area contributed by atoms with Crippen LogP contribution in [0.4, 0.5) is 0 Å².